The van der Waals surface area contributed by atoms with Crippen LogP contribution in [-0.2, 0) is 0 Å². The summed E-state index contributed by atoms with van der Waals surface area (Å²) in [7, 11) is 1.59. The fourth-order valence-corrected chi connectivity index (χ4v) is 2.51. The highest BCUT2D eigenvalue weighted by molar-refractivity contribution is 5.82. The first kappa shape index (κ1) is 14.7. The number of aryl methyl sites for hydroxylation is 1. The third-order valence-corrected chi connectivity index (χ3v) is 3.65. The van der Waals surface area contributed by atoms with Gasteiger partial charge in [0.25, 0.3) is 0 Å². The summed E-state index contributed by atoms with van der Waals surface area (Å²) >= 11 is 0. The fraction of sp³-hybridized carbons (Fsp3) is 0.111. The highest BCUT2D eigenvalue weighted by Crippen LogP contribution is 2.36. The minimum atomic E-state index is 0.168. The van der Waals surface area contributed by atoms with Crippen LogP contribution >= 0.6 is 0 Å². The zero-order valence-corrected chi connectivity index (χ0v) is 12.8. The van der Waals surface area contributed by atoms with E-state index < -0.39 is 0 Å². The lowest BCUT2D eigenvalue weighted by molar-refractivity contribution is 0.416. The molecule has 2 N–H and O–H groups in total. The average Bonchev–Trinajstić information content (AvgIpc) is 3.00. The summed E-state index contributed by atoms with van der Waals surface area (Å²) in [6, 6.07) is 13.3. The molecular weight excluding hydrogens is 290 g/mol. The van der Waals surface area contributed by atoms with Crippen molar-refractivity contribution in [3.63, 3.8) is 0 Å². The van der Waals surface area contributed by atoms with E-state index >= 15 is 0 Å². The SMILES string of the molecule is COc1ccccc1-c1cc(-c2occc2C)nc(N)c1C#N. The highest BCUT2D eigenvalue weighted by Gasteiger charge is 2.18. The third kappa shape index (κ3) is 2.51. The number of aromatic nitrogens is 1. The zero-order chi connectivity index (χ0) is 16.4. The second-order valence-electron chi connectivity index (χ2n) is 5.06. The first-order valence-corrected chi connectivity index (χ1v) is 7.04. The van der Waals surface area contributed by atoms with Gasteiger partial charge >= 0.3 is 0 Å². The van der Waals surface area contributed by atoms with E-state index in [0.717, 1.165) is 11.1 Å². The van der Waals surface area contributed by atoms with Crippen molar-refractivity contribution in [2.24, 2.45) is 0 Å². The molecular formula is C18H15N3O2. The third-order valence-electron chi connectivity index (χ3n) is 3.65. The van der Waals surface area contributed by atoms with E-state index in [0.29, 0.717) is 28.3 Å². The number of hydrogen-bond acceptors (Lipinski definition) is 5. The van der Waals surface area contributed by atoms with Crippen molar-refractivity contribution < 1.29 is 9.15 Å². The first-order valence-electron chi connectivity index (χ1n) is 7.04. The Labute approximate surface area is 134 Å². The number of nitrogens with zero attached hydrogens (tertiary/aromatic N) is 2. The van der Waals surface area contributed by atoms with Crippen LogP contribution < -0.4 is 10.5 Å². The number of rotatable bonds is 3. The van der Waals surface area contributed by atoms with Crippen LogP contribution in [0.15, 0.2) is 47.1 Å². The van der Waals surface area contributed by atoms with Crippen LogP contribution in [-0.4, -0.2) is 12.1 Å². The fourth-order valence-electron chi connectivity index (χ4n) is 2.51. The maximum absolute atomic E-state index is 9.47. The van der Waals surface area contributed by atoms with Crippen molar-refractivity contribution in [1.82, 2.24) is 4.98 Å². The van der Waals surface area contributed by atoms with E-state index in [4.69, 9.17) is 14.9 Å². The van der Waals surface area contributed by atoms with Crippen molar-refractivity contribution in [3.8, 4) is 34.4 Å². The van der Waals surface area contributed by atoms with E-state index in [1.165, 1.54) is 0 Å². The molecule has 0 fully saturated rings. The van der Waals surface area contributed by atoms with Crippen molar-refractivity contribution in [2.45, 2.75) is 6.92 Å². The molecule has 0 bridgehead atoms. The normalized spacial score (nSPS) is 10.3. The number of methoxy groups -OCH3 is 1. The minimum Gasteiger partial charge on any atom is -0.496 e. The number of para-hydroxylation sites is 1. The topological polar surface area (TPSA) is 85.1 Å². The molecule has 0 aliphatic heterocycles. The number of nitrogen functional groups attached to an aromatic ring is 1. The van der Waals surface area contributed by atoms with Gasteiger partial charge in [0.2, 0.25) is 0 Å². The van der Waals surface area contributed by atoms with E-state index in [2.05, 4.69) is 11.1 Å². The maximum atomic E-state index is 9.47. The lowest BCUT2D eigenvalue weighted by Gasteiger charge is -2.12. The van der Waals surface area contributed by atoms with Crippen LogP contribution in [0.1, 0.15) is 11.1 Å². The molecule has 1 aromatic carbocycles. The van der Waals surface area contributed by atoms with Gasteiger partial charge in [0, 0.05) is 11.1 Å². The molecule has 2 heterocycles. The number of furan rings is 1. The predicted molar refractivity (Wildman–Crippen MR) is 87.8 cm³/mol. The minimum absolute atomic E-state index is 0.168. The Bertz CT molecular complexity index is 907. The molecule has 23 heavy (non-hydrogen) atoms. The van der Waals surface area contributed by atoms with Crippen LogP contribution in [0.4, 0.5) is 5.82 Å². The number of anilines is 1. The highest BCUT2D eigenvalue weighted by atomic mass is 16.5. The molecule has 5 nitrogen and oxygen atoms in total. The average molecular weight is 305 g/mol. The van der Waals surface area contributed by atoms with Gasteiger partial charge in [-0.15, -0.1) is 0 Å². The number of nitrogens with two attached hydrogens (primary N) is 1. The standard InChI is InChI=1S/C18H15N3O2/c1-11-7-8-23-17(11)15-9-13(14(10-19)18(20)21-15)12-5-3-4-6-16(12)22-2/h3-9H,1-2H3,(H2,20,21). The quantitative estimate of drug-likeness (QED) is 0.796. The smallest absolute Gasteiger partial charge is 0.155 e. The number of nitriles is 1. The molecule has 0 unspecified atom stereocenters. The van der Waals surface area contributed by atoms with E-state index in [1.54, 1.807) is 19.4 Å². The van der Waals surface area contributed by atoms with Gasteiger partial charge in [-0.25, -0.2) is 4.98 Å². The van der Waals surface area contributed by atoms with Gasteiger partial charge in [0.15, 0.2) is 5.76 Å². The van der Waals surface area contributed by atoms with Crippen LogP contribution in [0.25, 0.3) is 22.6 Å². The molecule has 0 amide bonds. The van der Waals surface area contributed by atoms with E-state index in [9.17, 15) is 5.26 Å². The molecule has 0 saturated carbocycles. The summed E-state index contributed by atoms with van der Waals surface area (Å²) in [5.41, 5.74) is 9.32. The molecule has 0 saturated heterocycles. The van der Waals surface area contributed by atoms with Gasteiger partial charge in [-0.1, -0.05) is 18.2 Å². The Morgan fingerprint density at radius 3 is 2.65 bits per heavy atom. The van der Waals surface area contributed by atoms with Gasteiger partial charge in [-0.2, -0.15) is 5.26 Å². The Kier molecular flexibility index (Phi) is 3.73. The molecule has 0 radical (unpaired) electrons. The molecule has 3 rings (SSSR count). The van der Waals surface area contributed by atoms with Crippen molar-refractivity contribution in [2.75, 3.05) is 12.8 Å². The van der Waals surface area contributed by atoms with Crippen LogP contribution in [0, 0.1) is 18.3 Å². The number of ether oxygens (including phenoxy) is 1. The number of pyridine rings is 1. The Morgan fingerprint density at radius 1 is 1.22 bits per heavy atom. The molecule has 5 heteroatoms. The van der Waals surface area contributed by atoms with Crippen molar-refractivity contribution in [1.29, 1.82) is 5.26 Å². The van der Waals surface area contributed by atoms with Gasteiger partial charge < -0.3 is 14.9 Å². The van der Waals surface area contributed by atoms with Crippen LogP contribution in [0.2, 0.25) is 0 Å². The number of benzene rings is 1. The molecule has 0 atom stereocenters. The monoisotopic (exact) mass is 305 g/mol. The van der Waals surface area contributed by atoms with Gasteiger partial charge in [0.05, 0.1) is 13.4 Å². The van der Waals surface area contributed by atoms with Crippen molar-refractivity contribution in [3.05, 3.63) is 53.8 Å². The second kappa shape index (κ2) is 5.85. The lowest BCUT2D eigenvalue weighted by atomic mass is 9.98. The van der Waals surface area contributed by atoms with Crippen LogP contribution in [0.3, 0.4) is 0 Å². The summed E-state index contributed by atoms with van der Waals surface area (Å²) < 4.78 is 10.9. The van der Waals surface area contributed by atoms with E-state index in [-0.39, 0.29) is 5.82 Å². The summed E-state index contributed by atoms with van der Waals surface area (Å²) in [5.74, 6) is 1.47. The molecule has 2 aromatic heterocycles. The first-order chi connectivity index (χ1) is 11.2. The molecule has 0 spiro atoms. The Hall–Kier alpha value is -3.26. The molecule has 0 aliphatic carbocycles. The van der Waals surface area contributed by atoms with Gasteiger partial charge in [-0.05, 0) is 30.7 Å². The lowest BCUT2D eigenvalue weighted by Crippen LogP contribution is -2.00. The summed E-state index contributed by atoms with van der Waals surface area (Å²) in [4.78, 5) is 4.31. The molecule has 3 aromatic rings. The molecule has 0 aliphatic rings. The maximum Gasteiger partial charge on any atom is 0.155 e. The largest absolute Gasteiger partial charge is 0.496 e. The summed E-state index contributed by atoms with van der Waals surface area (Å²) in [6.45, 7) is 1.93. The summed E-state index contributed by atoms with van der Waals surface area (Å²) in [5, 5.41) is 9.47. The van der Waals surface area contributed by atoms with Gasteiger partial charge in [0.1, 0.15) is 28.9 Å². The summed E-state index contributed by atoms with van der Waals surface area (Å²) in [6.07, 6.45) is 1.60. The van der Waals surface area contributed by atoms with Crippen molar-refractivity contribution >= 4 is 5.82 Å². The Morgan fingerprint density at radius 2 is 2.00 bits per heavy atom. The Balaban J connectivity index is 2.29. The second-order valence-corrected chi connectivity index (χ2v) is 5.06. The predicted octanol–water partition coefficient (Wildman–Crippen LogP) is 3.78. The van der Waals surface area contributed by atoms with E-state index in [1.807, 2.05) is 37.3 Å². The number of hydrogen-bond donors (Lipinski definition) is 1. The van der Waals surface area contributed by atoms with Gasteiger partial charge in [-0.3, -0.25) is 0 Å². The zero-order valence-electron chi connectivity index (χ0n) is 12.8. The molecule has 114 valence electrons. The van der Waals surface area contributed by atoms with Crippen LogP contribution in [0.5, 0.6) is 5.75 Å².